The van der Waals surface area contributed by atoms with Crippen molar-refractivity contribution in [1.29, 1.82) is 0 Å². The molecule has 0 aliphatic carbocycles. The molecule has 0 bridgehead atoms. The molecule has 2 N–H and O–H groups in total. The van der Waals surface area contributed by atoms with E-state index in [-0.39, 0.29) is 6.04 Å². The summed E-state index contributed by atoms with van der Waals surface area (Å²) < 4.78 is 0.863. The van der Waals surface area contributed by atoms with Gasteiger partial charge in [-0.1, -0.05) is 32.3 Å². The molecule has 0 aromatic carbocycles. The fourth-order valence-electron chi connectivity index (χ4n) is 1.39. The van der Waals surface area contributed by atoms with Gasteiger partial charge in [0.05, 0.1) is 0 Å². The first-order chi connectivity index (χ1) is 6.74. The second kappa shape index (κ2) is 6.14. The first kappa shape index (κ1) is 11.7. The highest BCUT2D eigenvalue weighted by molar-refractivity contribution is 9.10. The van der Waals surface area contributed by atoms with Gasteiger partial charge in [0, 0.05) is 12.2 Å². The Morgan fingerprint density at radius 1 is 1.43 bits per heavy atom. The minimum Gasteiger partial charge on any atom is -0.324 e. The summed E-state index contributed by atoms with van der Waals surface area (Å²) in [6.07, 6.45) is 6.61. The van der Waals surface area contributed by atoms with E-state index in [9.17, 15) is 0 Å². The Hall–Kier alpha value is -0.410. The number of unbranched alkanes of at least 4 members (excludes halogenated alkanes) is 2. The van der Waals surface area contributed by atoms with Gasteiger partial charge in [0.15, 0.2) is 0 Å². The third-order valence-corrected chi connectivity index (χ3v) is 2.77. The van der Waals surface area contributed by atoms with E-state index in [0.717, 1.165) is 16.6 Å². The lowest BCUT2D eigenvalue weighted by atomic mass is 10.0. The number of hydrogen-bond acceptors (Lipinski definition) is 2. The molecule has 0 aliphatic rings. The first-order valence-corrected chi connectivity index (χ1v) is 5.90. The molecule has 1 aromatic heterocycles. The first-order valence-electron chi connectivity index (χ1n) is 5.11. The average Bonchev–Trinajstić information content (AvgIpc) is 2.19. The van der Waals surface area contributed by atoms with Gasteiger partial charge in [-0.25, -0.2) is 4.98 Å². The van der Waals surface area contributed by atoms with Crippen LogP contribution in [0.5, 0.6) is 0 Å². The van der Waals surface area contributed by atoms with Crippen LogP contribution in [0.2, 0.25) is 0 Å². The maximum absolute atomic E-state index is 6.03. The van der Waals surface area contributed by atoms with Crippen LogP contribution in [0.4, 0.5) is 0 Å². The third-order valence-electron chi connectivity index (χ3n) is 2.30. The lowest BCUT2D eigenvalue weighted by molar-refractivity contribution is 0.580. The van der Waals surface area contributed by atoms with E-state index in [2.05, 4.69) is 27.8 Å². The van der Waals surface area contributed by atoms with Crippen LogP contribution in [0.15, 0.2) is 22.9 Å². The SMILES string of the molecule is CCCCC[C@@H](N)c1ccc(Br)nc1. The van der Waals surface area contributed by atoms with Crippen molar-refractivity contribution in [3.8, 4) is 0 Å². The van der Waals surface area contributed by atoms with Gasteiger partial charge in [-0.15, -0.1) is 0 Å². The molecule has 1 heterocycles. The van der Waals surface area contributed by atoms with E-state index >= 15 is 0 Å². The Morgan fingerprint density at radius 3 is 2.79 bits per heavy atom. The van der Waals surface area contributed by atoms with Crippen LogP contribution in [0.3, 0.4) is 0 Å². The number of halogens is 1. The molecule has 0 spiro atoms. The molecule has 0 aliphatic heterocycles. The van der Waals surface area contributed by atoms with Crippen molar-refractivity contribution in [2.45, 2.75) is 38.6 Å². The molecule has 3 heteroatoms. The normalized spacial score (nSPS) is 12.8. The summed E-state index contributed by atoms with van der Waals surface area (Å²) in [5.41, 5.74) is 7.16. The van der Waals surface area contributed by atoms with Gasteiger partial charge < -0.3 is 5.73 Å². The van der Waals surface area contributed by atoms with Gasteiger partial charge in [0.25, 0.3) is 0 Å². The summed E-state index contributed by atoms with van der Waals surface area (Å²) in [7, 11) is 0. The quantitative estimate of drug-likeness (QED) is 0.648. The van der Waals surface area contributed by atoms with Crippen LogP contribution in [0.25, 0.3) is 0 Å². The minimum absolute atomic E-state index is 0.141. The number of nitrogens with zero attached hydrogens (tertiary/aromatic N) is 1. The topological polar surface area (TPSA) is 38.9 Å². The maximum Gasteiger partial charge on any atom is 0.106 e. The summed E-state index contributed by atoms with van der Waals surface area (Å²) in [6.45, 7) is 2.20. The fourth-order valence-corrected chi connectivity index (χ4v) is 1.62. The molecule has 0 radical (unpaired) electrons. The second-order valence-electron chi connectivity index (χ2n) is 3.52. The predicted molar refractivity (Wildman–Crippen MR) is 63.0 cm³/mol. The van der Waals surface area contributed by atoms with E-state index in [1.807, 2.05) is 18.3 Å². The number of rotatable bonds is 5. The van der Waals surface area contributed by atoms with E-state index in [4.69, 9.17) is 5.73 Å². The predicted octanol–water partition coefficient (Wildman–Crippen LogP) is 3.42. The van der Waals surface area contributed by atoms with Gasteiger partial charge in [-0.2, -0.15) is 0 Å². The van der Waals surface area contributed by atoms with Crippen LogP contribution < -0.4 is 5.73 Å². The van der Waals surface area contributed by atoms with Gasteiger partial charge in [-0.05, 0) is 34.0 Å². The van der Waals surface area contributed by atoms with E-state index in [0.29, 0.717) is 0 Å². The molecule has 2 nitrogen and oxygen atoms in total. The summed E-state index contributed by atoms with van der Waals surface area (Å²) in [6, 6.07) is 4.12. The number of pyridine rings is 1. The van der Waals surface area contributed by atoms with Gasteiger partial charge in [0.2, 0.25) is 0 Å². The van der Waals surface area contributed by atoms with Crippen LogP contribution >= 0.6 is 15.9 Å². The largest absolute Gasteiger partial charge is 0.324 e. The Labute approximate surface area is 94.0 Å². The molecule has 0 saturated heterocycles. The van der Waals surface area contributed by atoms with Crippen molar-refractivity contribution in [1.82, 2.24) is 4.98 Å². The fraction of sp³-hybridized carbons (Fsp3) is 0.545. The molecule has 1 atom stereocenters. The maximum atomic E-state index is 6.03. The van der Waals surface area contributed by atoms with E-state index in [1.54, 1.807) is 0 Å². The Bertz CT molecular complexity index is 258. The van der Waals surface area contributed by atoms with E-state index < -0.39 is 0 Å². The Kier molecular flexibility index (Phi) is 5.12. The Morgan fingerprint density at radius 2 is 2.21 bits per heavy atom. The highest BCUT2D eigenvalue weighted by Gasteiger charge is 2.05. The molecule has 0 fully saturated rings. The van der Waals surface area contributed by atoms with Crippen LogP contribution in [0.1, 0.15) is 44.2 Å². The molecule has 0 saturated carbocycles. The highest BCUT2D eigenvalue weighted by Crippen LogP contribution is 2.17. The van der Waals surface area contributed by atoms with Crippen molar-refractivity contribution < 1.29 is 0 Å². The van der Waals surface area contributed by atoms with Crippen molar-refractivity contribution in [3.63, 3.8) is 0 Å². The summed E-state index contributed by atoms with van der Waals surface area (Å²) >= 11 is 3.31. The number of aromatic nitrogens is 1. The zero-order chi connectivity index (χ0) is 10.4. The van der Waals surface area contributed by atoms with Crippen molar-refractivity contribution in [2.24, 2.45) is 5.73 Å². The third kappa shape index (κ3) is 3.76. The zero-order valence-corrected chi connectivity index (χ0v) is 10.1. The second-order valence-corrected chi connectivity index (χ2v) is 4.33. The van der Waals surface area contributed by atoms with Gasteiger partial charge in [-0.3, -0.25) is 0 Å². The molecule has 0 unspecified atom stereocenters. The molecule has 1 rings (SSSR count). The van der Waals surface area contributed by atoms with Gasteiger partial charge >= 0.3 is 0 Å². The van der Waals surface area contributed by atoms with E-state index in [1.165, 1.54) is 19.3 Å². The van der Waals surface area contributed by atoms with Crippen molar-refractivity contribution >= 4 is 15.9 Å². The van der Waals surface area contributed by atoms with Crippen molar-refractivity contribution in [2.75, 3.05) is 0 Å². The monoisotopic (exact) mass is 256 g/mol. The average molecular weight is 257 g/mol. The smallest absolute Gasteiger partial charge is 0.106 e. The zero-order valence-electron chi connectivity index (χ0n) is 8.54. The van der Waals surface area contributed by atoms with Crippen LogP contribution in [0, 0.1) is 0 Å². The molecule has 14 heavy (non-hydrogen) atoms. The Balaban J connectivity index is 2.43. The highest BCUT2D eigenvalue weighted by atomic mass is 79.9. The summed E-state index contributed by atoms with van der Waals surface area (Å²) in [5, 5.41) is 0. The van der Waals surface area contributed by atoms with Crippen molar-refractivity contribution in [3.05, 3.63) is 28.5 Å². The molecular formula is C11H17BrN2. The lowest BCUT2D eigenvalue weighted by Gasteiger charge is -2.10. The lowest BCUT2D eigenvalue weighted by Crippen LogP contribution is -2.10. The van der Waals surface area contributed by atoms with Crippen LogP contribution in [-0.2, 0) is 0 Å². The summed E-state index contributed by atoms with van der Waals surface area (Å²) in [5.74, 6) is 0. The number of nitrogens with two attached hydrogens (primary N) is 1. The minimum atomic E-state index is 0.141. The molecule has 0 amide bonds. The summed E-state index contributed by atoms with van der Waals surface area (Å²) in [4.78, 5) is 4.17. The van der Waals surface area contributed by atoms with Gasteiger partial charge in [0.1, 0.15) is 4.60 Å². The van der Waals surface area contributed by atoms with Crippen LogP contribution in [-0.4, -0.2) is 4.98 Å². The molecule has 1 aromatic rings. The number of hydrogen-bond donors (Lipinski definition) is 1. The molecular weight excluding hydrogens is 240 g/mol. The molecule has 78 valence electrons. The standard InChI is InChI=1S/C11H17BrN2/c1-2-3-4-5-10(13)9-6-7-11(12)14-8-9/h6-8,10H,2-5,13H2,1H3/t10-/m1/s1.